The summed E-state index contributed by atoms with van der Waals surface area (Å²) in [5.74, 6) is -0.333. The van der Waals surface area contributed by atoms with E-state index in [2.05, 4.69) is 11.5 Å². The monoisotopic (exact) mass is 171 g/mol. The van der Waals surface area contributed by atoms with Gasteiger partial charge < -0.3 is 9.64 Å². The molecule has 0 radical (unpaired) electrons. The average molecular weight is 171 g/mol. The fourth-order valence-corrected chi connectivity index (χ4v) is 0.762. The first-order valence-corrected chi connectivity index (χ1v) is 4.10. The molecule has 12 heavy (non-hydrogen) atoms. The largest absolute Gasteiger partial charge is 0.463 e. The minimum Gasteiger partial charge on any atom is -0.463 e. The van der Waals surface area contributed by atoms with E-state index in [1.807, 2.05) is 14.1 Å². The van der Waals surface area contributed by atoms with Crippen molar-refractivity contribution >= 4 is 5.97 Å². The highest BCUT2D eigenvalue weighted by molar-refractivity contribution is 5.81. The van der Waals surface area contributed by atoms with Gasteiger partial charge in [0, 0.05) is 6.08 Å². The minimum atomic E-state index is -0.333. The van der Waals surface area contributed by atoms with Gasteiger partial charge in [-0.15, -0.1) is 0 Å². The van der Waals surface area contributed by atoms with Crippen molar-refractivity contribution < 1.29 is 9.53 Å². The number of unbranched alkanes of at least 4 members (excludes halogenated alkanes) is 1. The zero-order valence-corrected chi connectivity index (χ0v) is 7.88. The van der Waals surface area contributed by atoms with Crippen molar-refractivity contribution in [1.82, 2.24) is 4.90 Å². The highest BCUT2D eigenvalue weighted by atomic mass is 16.5. The summed E-state index contributed by atoms with van der Waals surface area (Å²) in [7, 11) is 4.05. The lowest BCUT2D eigenvalue weighted by atomic mass is 10.3. The molecule has 0 saturated heterocycles. The van der Waals surface area contributed by atoms with Crippen molar-refractivity contribution in [2.24, 2.45) is 0 Å². The van der Waals surface area contributed by atoms with Crippen molar-refractivity contribution in [3.63, 3.8) is 0 Å². The molecule has 0 aliphatic rings. The molecule has 0 aliphatic heterocycles. The molecule has 3 heteroatoms. The van der Waals surface area contributed by atoms with Gasteiger partial charge in [-0.05, 0) is 33.5 Å². The molecule has 0 unspecified atom stereocenters. The van der Waals surface area contributed by atoms with E-state index in [0.29, 0.717) is 6.61 Å². The average Bonchev–Trinajstić information content (AvgIpc) is 2.03. The van der Waals surface area contributed by atoms with E-state index in [1.165, 1.54) is 6.08 Å². The summed E-state index contributed by atoms with van der Waals surface area (Å²) in [6.45, 7) is 4.84. The molecule has 0 aromatic heterocycles. The van der Waals surface area contributed by atoms with E-state index >= 15 is 0 Å². The molecule has 0 spiro atoms. The van der Waals surface area contributed by atoms with Crippen LogP contribution in [0.25, 0.3) is 0 Å². The fraction of sp³-hybridized carbons (Fsp3) is 0.667. The maximum Gasteiger partial charge on any atom is 0.330 e. The van der Waals surface area contributed by atoms with Crippen LogP contribution in [0.1, 0.15) is 12.8 Å². The minimum absolute atomic E-state index is 0.333. The van der Waals surface area contributed by atoms with E-state index < -0.39 is 0 Å². The third-order valence-corrected chi connectivity index (χ3v) is 1.41. The highest BCUT2D eigenvalue weighted by Crippen LogP contribution is 1.92. The molecule has 0 N–H and O–H groups in total. The van der Waals surface area contributed by atoms with E-state index in [1.54, 1.807) is 0 Å². The van der Waals surface area contributed by atoms with Crippen molar-refractivity contribution in [1.29, 1.82) is 0 Å². The molecule has 0 heterocycles. The maximum atomic E-state index is 10.6. The van der Waals surface area contributed by atoms with Gasteiger partial charge in [0.25, 0.3) is 0 Å². The Balaban J connectivity index is 3.11. The van der Waals surface area contributed by atoms with Crippen LogP contribution in [0.4, 0.5) is 0 Å². The highest BCUT2D eigenvalue weighted by Gasteiger charge is 1.95. The second-order valence-corrected chi connectivity index (χ2v) is 2.88. The van der Waals surface area contributed by atoms with E-state index in [4.69, 9.17) is 4.74 Å². The number of hydrogen-bond donors (Lipinski definition) is 0. The van der Waals surface area contributed by atoms with Crippen LogP contribution in [-0.4, -0.2) is 38.1 Å². The van der Waals surface area contributed by atoms with Crippen LogP contribution < -0.4 is 0 Å². The van der Waals surface area contributed by atoms with Gasteiger partial charge in [0.15, 0.2) is 0 Å². The summed E-state index contributed by atoms with van der Waals surface area (Å²) in [5.41, 5.74) is 0. The number of ether oxygens (including phenoxy) is 1. The van der Waals surface area contributed by atoms with Gasteiger partial charge in [-0.3, -0.25) is 0 Å². The number of carbonyl (C=O) groups is 1. The van der Waals surface area contributed by atoms with Crippen molar-refractivity contribution in [3.8, 4) is 0 Å². The standard InChI is InChI=1S/C9H17NO2/c1-4-9(11)12-8-6-5-7-10(2)3/h4H,1,5-8H2,2-3H3. The number of hydrogen-bond acceptors (Lipinski definition) is 3. The van der Waals surface area contributed by atoms with Gasteiger partial charge >= 0.3 is 5.97 Å². The zero-order valence-electron chi connectivity index (χ0n) is 7.88. The predicted octanol–water partition coefficient (Wildman–Crippen LogP) is 1.06. The van der Waals surface area contributed by atoms with Gasteiger partial charge in [-0.1, -0.05) is 6.58 Å². The molecule has 0 aliphatic carbocycles. The lowest BCUT2D eigenvalue weighted by Crippen LogP contribution is -2.13. The SMILES string of the molecule is C=CC(=O)OCCCCN(C)C. The summed E-state index contributed by atoms with van der Waals surface area (Å²) >= 11 is 0. The maximum absolute atomic E-state index is 10.6. The molecule has 0 rings (SSSR count). The van der Waals surface area contributed by atoms with Crippen LogP contribution in [0.5, 0.6) is 0 Å². The predicted molar refractivity (Wildman–Crippen MR) is 48.9 cm³/mol. The van der Waals surface area contributed by atoms with E-state index in [-0.39, 0.29) is 5.97 Å². The molecule has 0 fully saturated rings. The Labute approximate surface area is 74.0 Å². The quantitative estimate of drug-likeness (QED) is 0.340. The summed E-state index contributed by atoms with van der Waals surface area (Å²) in [5, 5.41) is 0. The molecule has 0 amide bonds. The van der Waals surface area contributed by atoms with Crippen LogP contribution in [0, 0.1) is 0 Å². The van der Waals surface area contributed by atoms with E-state index in [9.17, 15) is 4.79 Å². The van der Waals surface area contributed by atoms with Gasteiger partial charge in [0.2, 0.25) is 0 Å². The normalized spacial score (nSPS) is 9.92. The molecule has 0 aromatic rings. The number of carbonyl (C=O) groups excluding carboxylic acids is 1. The Morgan fingerprint density at radius 3 is 2.67 bits per heavy atom. The Morgan fingerprint density at radius 2 is 2.17 bits per heavy atom. The summed E-state index contributed by atoms with van der Waals surface area (Å²) in [4.78, 5) is 12.7. The van der Waals surface area contributed by atoms with Gasteiger partial charge in [0.1, 0.15) is 0 Å². The Bertz CT molecular complexity index is 143. The van der Waals surface area contributed by atoms with Gasteiger partial charge in [-0.25, -0.2) is 4.79 Å². The van der Waals surface area contributed by atoms with E-state index in [0.717, 1.165) is 19.4 Å². The second kappa shape index (κ2) is 6.85. The molecule has 0 saturated carbocycles. The molecular formula is C9H17NO2. The Hall–Kier alpha value is -0.830. The van der Waals surface area contributed by atoms with Crippen molar-refractivity contribution in [2.75, 3.05) is 27.2 Å². The Morgan fingerprint density at radius 1 is 1.50 bits per heavy atom. The smallest absolute Gasteiger partial charge is 0.330 e. The number of rotatable bonds is 6. The Kier molecular flexibility index (Phi) is 6.38. The first kappa shape index (κ1) is 11.2. The van der Waals surface area contributed by atoms with Gasteiger partial charge in [0.05, 0.1) is 6.61 Å². The topological polar surface area (TPSA) is 29.5 Å². The first-order valence-electron chi connectivity index (χ1n) is 4.10. The van der Waals surface area contributed by atoms with Crippen molar-refractivity contribution in [3.05, 3.63) is 12.7 Å². The summed E-state index contributed by atoms with van der Waals surface area (Å²) in [6.07, 6.45) is 3.15. The molecule has 0 aromatic carbocycles. The van der Waals surface area contributed by atoms with Crippen LogP contribution in [-0.2, 0) is 9.53 Å². The number of esters is 1. The van der Waals surface area contributed by atoms with Crippen LogP contribution in [0.15, 0.2) is 12.7 Å². The molecule has 0 bridgehead atoms. The fourth-order valence-electron chi connectivity index (χ4n) is 0.762. The lowest BCUT2D eigenvalue weighted by molar-refractivity contribution is -0.137. The summed E-state index contributed by atoms with van der Waals surface area (Å²) in [6, 6.07) is 0. The third-order valence-electron chi connectivity index (χ3n) is 1.41. The second-order valence-electron chi connectivity index (χ2n) is 2.88. The lowest BCUT2D eigenvalue weighted by Gasteiger charge is -2.08. The molecule has 3 nitrogen and oxygen atoms in total. The summed E-state index contributed by atoms with van der Waals surface area (Å²) < 4.78 is 4.80. The third kappa shape index (κ3) is 7.28. The van der Waals surface area contributed by atoms with Crippen molar-refractivity contribution in [2.45, 2.75) is 12.8 Å². The van der Waals surface area contributed by atoms with Crippen LogP contribution in [0.2, 0.25) is 0 Å². The number of nitrogens with zero attached hydrogens (tertiary/aromatic N) is 1. The zero-order chi connectivity index (χ0) is 9.40. The van der Waals surface area contributed by atoms with Gasteiger partial charge in [-0.2, -0.15) is 0 Å². The first-order chi connectivity index (χ1) is 5.66. The molecule has 70 valence electrons. The molecular weight excluding hydrogens is 154 g/mol. The van der Waals surface area contributed by atoms with Crippen LogP contribution in [0.3, 0.4) is 0 Å². The molecule has 0 atom stereocenters. The van der Waals surface area contributed by atoms with Crippen LogP contribution >= 0.6 is 0 Å².